The molecule has 1 N–H and O–H groups in total. The molecule has 0 unspecified atom stereocenters. The highest BCUT2D eigenvalue weighted by Crippen LogP contribution is 2.30. The molecular weight excluding hydrogens is 342 g/mol. The molecule has 0 aliphatic carbocycles. The van der Waals surface area contributed by atoms with Gasteiger partial charge in [0.2, 0.25) is 5.13 Å². The van der Waals surface area contributed by atoms with Crippen molar-refractivity contribution in [2.24, 2.45) is 0 Å². The third-order valence-electron chi connectivity index (χ3n) is 3.38. The van der Waals surface area contributed by atoms with Crippen LogP contribution in [0, 0.1) is 6.92 Å². The van der Waals surface area contributed by atoms with Crippen molar-refractivity contribution in [3.63, 3.8) is 0 Å². The van der Waals surface area contributed by atoms with Crippen LogP contribution >= 0.6 is 23.1 Å². The largest absolute Gasteiger partial charge is 0.467 e. The SMILES string of the molecule is Cc1ccc(C(=O)[C@@H](C)Sc2nnc(NCc3ccco3)s2)cc1. The number of nitrogens with zero attached hydrogens (tertiary/aromatic N) is 2. The summed E-state index contributed by atoms with van der Waals surface area (Å²) < 4.78 is 6.03. The second-order valence-electron chi connectivity index (χ2n) is 5.30. The van der Waals surface area contributed by atoms with E-state index in [1.807, 2.05) is 50.2 Å². The van der Waals surface area contributed by atoms with Gasteiger partial charge < -0.3 is 9.73 Å². The Hall–Kier alpha value is -2.12. The van der Waals surface area contributed by atoms with Gasteiger partial charge in [0.1, 0.15) is 5.76 Å². The number of carbonyl (C=O) groups is 1. The van der Waals surface area contributed by atoms with Gasteiger partial charge in [0, 0.05) is 5.56 Å². The fraction of sp³-hybridized carbons (Fsp3) is 0.235. The van der Waals surface area contributed by atoms with Gasteiger partial charge in [-0.1, -0.05) is 52.9 Å². The summed E-state index contributed by atoms with van der Waals surface area (Å²) in [4.78, 5) is 12.5. The number of nitrogens with one attached hydrogen (secondary N) is 1. The Morgan fingerprint density at radius 1 is 1.29 bits per heavy atom. The molecule has 0 saturated heterocycles. The predicted octanol–water partition coefficient (Wildman–Crippen LogP) is 4.42. The van der Waals surface area contributed by atoms with Crippen LogP contribution in [-0.4, -0.2) is 21.2 Å². The highest BCUT2D eigenvalue weighted by Gasteiger charge is 2.18. The minimum atomic E-state index is -0.210. The van der Waals surface area contributed by atoms with Gasteiger partial charge in [-0.15, -0.1) is 10.2 Å². The van der Waals surface area contributed by atoms with Crippen molar-refractivity contribution in [3.05, 3.63) is 59.5 Å². The molecule has 7 heteroatoms. The normalized spacial score (nSPS) is 12.1. The van der Waals surface area contributed by atoms with Gasteiger partial charge in [-0.25, -0.2) is 0 Å². The molecular formula is C17H17N3O2S2. The molecule has 2 heterocycles. The topological polar surface area (TPSA) is 68.0 Å². The number of aromatic nitrogens is 2. The Morgan fingerprint density at radius 3 is 2.79 bits per heavy atom. The van der Waals surface area contributed by atoms with Crippen LogP contribution in [0.5, 0.6) is 0 Å². The Bertz CT molecular complexity index is 798. The summed E-state index contributed by atoms with van der Waals surface area (Å²) in [6, 6.07) is 11.4. The monoisotopic (exact) mass is 359 g/mol. The molecule has 1 atom stereocenters. The summed E-state index contributed by atoms with van der Waals surface area (Å²) >= 11 is 2.86. The lowest BCUT2D eigenvalue weighted by molar-refractivity contribution is 0.0994. The van der Waals surface area contributed by atoms with E-state index < -0.39 is 0 Å². The van der Waals surface area contributed by atoms with Crippen LogP contribution in [-0.2, 0) is 6.54 Å². The molecule has 0 amide bonds. The molecule has 3 rings (SSSR count). The van der Waals surface area contributed by atoms with Gasteiger partial charge in [0.25, 0.3) is 0 Å². The van der Waals surface area contributed by atoms with Crippen LogP contribution < -0.4 is 5.32 Å². The van der Waals surface area contributed by atoms with Crippen LogP contribution in [0.25, 0.3) is 0 Å². The van der Waals surface area contributed by atoms with E-state index in [2.05, 4.69) is 15.5 Å². The highest BCUT2D eigenvalue weighted by molar-refractivity contribution is 8.02. The average molecular weight is 359 g/mol. The fourth-order valence-corrected chi connectivity index (χ4v) is 4.03. The van der Waals surface area contributed by atoms with E-state index in [1.54, 1.807) is 6.26 Å². The van der Waals surface area contributed by atoms with E-state index in [0.717, 1.165) is 21.2 Å². The number of thioether (sulfide) groups is 1. The number of ketones is 1. The summed E-state index contributed by atoms with van der Waals surface area (Å²) in [7, 11) is 0. The molecule has 5 nitrogen and oxygen atoms in total. The molecule has 0 radical (unpaired) electrons. The maximum absolute atomic E-state index is 12.5. The maximum Gasteiger partial charge on any atom is 0.206 e. The van der Waals surface area contributed by atoms with Crippen molar-refractivity contribution >= 4 is 34.0 Å². The molecule has 124 valence electrons. The molecule has 0 saturated carbocycles. The van der Waals surface area contributed by atoms with Gasteiger partial charge in [-0.2, -0.15) is 0 Å². The first kappa shape index (κ1) is 16.7. The number of rotatable bonds is 7. The summed E-state index contributed by atoms with van der Waals surface area (Å²) in [6.07, 6.45) is 1.64. The van der Waals surface area contributed by atoms with E-state index in [1.165, 1.54) is 23.1 Å². The molecule has 1 aromatic carbocycles. The molecule has 2 aromatic heterocycles. The fourth-order valence-electron chi connectivity index (χ4n) is 2.06. The number of Topliss-reactive ketones (excluding diaryl/α,β-unsaturated/α-hetero) is 1. The van der Waals surface area contributed by atoms with Crippen molar-refractivity contribution in [2.75, 3.05) is 5.32 Å². The minimum absolute atomic E-state index is 0.0975. The Morgan fingerprint density at radius 2 is 2.08 bits per heavy atom. The Kier molecular flexibility index (Phi) is 5.32. The highest BCUT2D eigenvalue weighted by atomic mass is 32.2. The Labute approximate surface area is 148 Å². The maximum atomic E-state index is 12.5. The van der Waals surface area contributed by atoms with Gasteiger partial charge in [-0.3, -0.25) is 4.79 Å². The van der Waals surface area contributed by atoms with Crippen LogP contribution in [0.15, 0.2) is 51.4 Å². The number of benzene rings is 1. The number of anilines is 1. The summed E-state index contributed by atoms with van der Waals surface area (Å²) in [5, 5.41) is 11.9. The van der Waals surface area contributed by atoms with Crippen LogP contribution in [0.1, 0.15) is 28.6 Å². The Balaban J connectivity index is 1.57. The van der Waals surface area contributed by atoms with E-state index in [9.17, 15) is 4.79 Å². The van der Waals surface area contributed by atoms with Crippen LogP contribution in [0.4, 0.5) is 5.13 Å². The number of carbonyl (C=O) groups excluding carboxylic acids is 1. The second kappa shape index (κ2) is 7.63. The van der Waals surface area contributed by atoms with E-state index in [4.69, 9.17) is 4.42 Å². The third-order valence-corrected chi connectivity index (χ3v) is 5.45. The number of furan rings is 1. The summed E-state index contributed by atoms with van der Waals surface area (Å²) in [6.45, 7) is 4.46. The van der Waals surface area contributed by atoms with E-state index in [-0.39, 0.29) is 11.0 Å². The first-order chi connectivity index (χ1) is 11.6. The molecule has 0 aliphatic heterocycles. The quantitative estimate of drug-likeness (QED) is 0.498. The van der Waals surface area contributed by atoms with Gasteiger partial charge in [-0.05, 0) is 26.0 Å². The first-order valence-electron chi connectivity index (χ1n) is 7.49. The number of hydrogen-bond acceptors (Lipinski definition) is 7. The van der Waals surface area contributed by atoms with Crippen molar-refractivity contribution in [1.82, 2.24) is 10.2 Å². The van der Waals surface area contributed by atoms with Crippen molar-refractivity contribution in [1.29, 1.82) is 0 Å². The second-order valence-corrected chi connectivity index (χ2v) is 7.86. The first-order valence-corrected chi connectivity index (χ1v) is 9.19. The minimum Gasteiger partial charge on any atom is -0.467 e. The van der Waals surface area contributed by atoms with Gasteiger partial charge in [0.15, 0.2) is 10.1 Å². The third kappa shape index (κ3) is 4.24. The molecule has 0 fully saturated rings. The lowest BCUT2D eigenvalue weighted by atomic mass is 10.1. The summed E-state index contributed by atoms with van der Waals surface area (Å²) in [5.41, 5.74) is 1.87. The predicted molar refractivity (Wildman–Crippen MR) is 96.8 cm³/mol. The lowest BCUT2D eigenvalue weighted by Crippen LogP contribution is -2.13. The molecule has 0 bridgehead atoms. The van der Waals surface area contributed by atoms with E-state index in [0.29, 0.717) is 11.7 Å². The van der Waals surface area contributed by atoms with Crippen LogP contribution in [0.3, 0.4) is 0 Å². The van der Waals surface area contributed by atoms with Crippen molar-refractivity contribution < 1.29 is 9.21 Å². The lowest BCUT2D eigenvalue weighted by Gasteiger charge is -2.08. The zero-order chi connectivity index (χ0) is 16.9. The zero-order valence-corrected chi connectivity index (χ0v) is 15.0. The summed E-state index contributed by atoms with van der Waals surface area (Å²) in [5.74, 6) is 0.933. The molecule has 3 aromatic rings. The molecule has 0 aliphatic rings. The zero-order valence-electron chi connectivity index (χ0n) is 13.4. The number of hydrogen-bond donors (Lipinski definition) is 1. The standard InChI is InChI=1S/C17H17N3O2S2/c1-11-5-7-13(8-6-11)15(21)12(2)23-17-20-19-16(24-17)18-10-14-4-3-9-22-14/h3-9,12H,10H2,1-2H3,(H,18,19)/t12-/m1/s1. The average Bonchev–Trinajstić information content (AvgIpc) is 3.24. The smallest absolute Gasteiger partial charge is 0.206 e. The van der Waals surface area contributed by atoms with Crippen LogP contribution in [0.2, 0.25) is 0 Å². The van der Waals surface area contributed by atoms with Crippen molar-refractivity contribution in [2.45, 2.75) is 30.0 Å². The van der Waals surface area contributed by atoms with E-state index >= 15 is 0 Å². The molecule has 24 heavy (non-hydrogen) atoms. The van der Waals surface area contributed by atoms with Gasteiger partial charge >= 0.3 is 0 Å². The molecule has 0 spiro atoms. The van der Waals surface area contributed by atoms with Crippen molar-refractivity contribution in [3.8, 4) is 0 Å². The van der Waals surface area contributed by atoms with Gasteiger partial charge in [0.05, 0.1) is 18.1 Å². The number of aryl methyl sites for hydroxylation is 1.